The van der Waals surface area contributed by atoms with Crippen molar-refractivity contribution < 1.29 is 23.7 Å². The molecular formula is C14H29NO5. The lowest BCUT2D eigenvalue weighted by molar-refractivity contribution is -0.118. The van der Waals surface area contributed by atoms with Gasteiger partial charge in [0.15, 0.2) is 0 Å². The molecule has 0 bridgehead atoms. The van der Waals surface area contributed by atoms with E-state index in [2.05, 4.69) is 12.2 Å². The number of ketones is 1. The fraction of sp³-hybridized carbons (Fsp3) is 0.929. The molecule has 0 aromatic carbocycles. The van der Waals surface area contributed by atoms with Gasteiger partial charge in [0.05, 0.1) is 52.9 Å². The standard InChI is InChI=1S/C14H29NO5/c1-3-15-5-7-18-9-11-20-13-12-19-10-8-17-6-4-14(2)16/h15H,3-13H2,1-2H3. The Morgan fingerprint density at radius 1 is 0.800 bits per heavy atom. The average Bonchev–Trinajstić information content (AvgIpc) is 2.43. The Labute approximate surface area is 122 Å². The molecule has 6 heteroatoms. The van der Waals surface area contributed by atoms with E-state index in [1.165, 1.54) is 0 Å². The Bertz CT molecular complexity index is 214. The number of hydrogen-bond acceptors (Lipinski definition) is 6. The fourth-order valence-electron chi connectivity index (χ4n) is 1.30. The summed E-state index contributed by atoms with van der Waals surface area (Å²) in [6.07, 6.45) is 0.469. The quantitative estimate of drug-likeness (QED) is 0.421. The van der Waals surface area contributed by atoms with Crippen molar-refractivity contribution >= 4 is 5.78 Å². The van der Waals surface area contributed by atoms with E-state index in [1.807, 2.05) is 0 Å². The van der Waals surface area contributed by atoms with Gasteiger partial charge in [0.25, 0.3) is 0 Å². The van der Waals surface area contributed by atoms with Gasteiger partial charge in [-0.2, -0.15) is 0 Å². The Kier molecular flexibility index (Phi) is 16.1. The largest absolute Gasteiger partial charge is 0.379 e. The van der Waals surface area contributed by atoms with E-state index >= 15 is 0 Å². The van der Waals surface area contributed by atoms with Crippen molar-refractivity contribution in [3.05, 3.63) is 0 Å². The van der Waals surface area contributed by atoms with E-state index in [1.54, 1.807) is 6.92 Å². The second kappa shape index (κ2) is 16.5. The van der Waals surface area contributed by atoms with Crippen molar-refractivity contribution in [3.8, 4) is 0 Å². The second-order valence-electron chi connectivity index (χ2n) is 4.26. The van der Waals surface area contributed by atoms with Crippen molar-refractivity contribution in [2.45, 2.75) is 20.3 Å². The van der Waals surface area contributed by atoms with Crippen LogP contribution in [0.25, 0.3) is 0 Å². The number of rotatable bonds is 16. The molecule has 0 spiro atoms. The lowest BCUT2D eigenvalue weighted by Crippen LogP contribution is -2.20. The van der Waals surface area contributed by atoms with Crippen LogP contribution in [0.15, 0.2) is 0 Å². The highest BCUT2D eigenvalue weighted by Gasteiger charge is 1.94. The Morgan fingerprint density at radius 2 is 1.25 bits per heavy atom. The highest BCUT2D eigenvalue weighted by atomic mass is 16.6. The molecule has 6 nitrogen and oxygen atoms in total. The van der Waals surface area contributed by atoms with Gasteiger partial charge in [0.2, 0.25) is 0 Å². The van der Waals surface area contributed by atoms with Gasteiger partial charge in [-0.25, -0.2) is 0 Å². The molecule has 0 aliphatic carbocycles. The van der Waals surface area contributed by atoms with Gasteiger partial charge < -0.3 is 24.3 Å². The van der Waals surface area contributed by atoms with Crippen LogP contribution in [0.4, 0.5) is 0 Å². The van der Waals surface area contributed by atoms with Gasteiger partial charge >= 0.3 is 0 Å². The number of carbonyl (C=O) groups excluding carboxylic acids is 1. The van der Waals surface area contributed by atoms with Crippen molar-refractivity contribution in [1.29, 1.82) is 0 Å². The van der Waals surface area contributed by atoms with Crippen LogP contribution in [0.5, 0.6) is 0 Å². The van der Waals surface area contributed by atoms with Gasteiger partial charge in [-0.15, -0.1) is 0 Å². The van der Waals surface area contributed by atoms with Gasteiger partial charge in [-0.3, -0.25) is 4.79 Å². The molecule has 0 aromatic heterocycles. The zero-order valence-corrected chi connectivity index (χ0v) is 12.8. The minimum atomic E-state index is 0.145. The van der Waals surface area contributed by atoms with Crippen molar-refractivity contribution in [2.24, 2.45) is 0 Å². The highest BCUT2D eigenvalue weighted by molar-refractivity contribution is 5.75. The number of Topliss-reactive ketones (excluding diaryl/α,β-unsaturated/α-hetero) is 1. The number of nitrogens with one attached hydrogen (secondary N) is 1. The third kappa shape index (κ3) is 17.5. The summed E-state index contributed by atoms with van der Waals surface area (Å²) in [6.45, 7) is 10.0. The van der Waals surface area contributed by atoms with Crippen LogP contribution in [0, 0.1) is 0 Å². The summed E-state index contributed by atoms with van der Waals surface area (Å²) in [5.74, 6) is 0.145. The first-order valence-electron chi connectivity index (χ1n) is 7.28. The van der Waals surface area contributed by atoms with Gasteiger partial charge in [0, 0.05) is 13.0 Å². The maximum atomic E-state index is 10.6. The Hall–Kier alpha value is -0.530. The molecular weight excluding hydrogens is 262 g/mol. The molecule has 0 saturated heterocycles. The maximum Gasteiger partial charge on any atom is 0.132 e. The van der Waals surface area contributed by atoms with E-state index in [0.29, 0.717) is 59.3 Å². The molecule has 0 saturated carbocycles. The van der Waals surface area contributed by atoms with Crippen LogP contribution in [0.2, 0.25) is 0 Å². The minimum absolute atomic E-state index is 0.145. The SMILES string of the molecule is CCNCCOCCOCCOCCOCCC(C)=O. The van der Waals surface area contributed by atoms with Gasteiger partial charge in [-0.05, 0) is 13.5 Å². The number of ether oxygens (including phenoxy) is 4. The lowest BCUT2D eigenvalue weighted by atomic mass is 10.3. The predicted octanol–water partition coefficient (Wildman–Crippen LogP) is 0.641. The van der Waals surface area contributed by atoms with Crippen molar-refractivity contribution in [2.75, 3.05) is 65.9 Å². The van der Waals surface area contributed by atoms with Gasteiger partial charge in [0.1, 0.15) is 5.78 Å². The van der Waals surface area contributed by atoms with Crippen LogP contribution in [-0.2, 0) is 23.7 Å². The van der Waals surface area contributed by atoms with Gasteiger partial charge in [-0.1, -0.05) is 6.92 Å². The molecule has 120 valence electrons. The van der Waals surface area contributed by atoms with Crippen molar-refractivity contribution in [3.63, 3.8) is 0 Å². The third-order valence-electron chi connectivity index (χ3n) is 2.39. The monoisotopic (exact) mass is 291 g/mol. The van der Waals surface area contributed by atoms with E-state index in [9.17, 15) is 4.79 Å². The predicted molar refractivity (Wildman–Crippen MR) is 77.1 cm³/mol. The van der Waals surface area contributed by atoms with E-state index in [4.69, 9.17) is 18.9 Å². The van der Waals surface area contributed by atoms with E-state index in [0.717, 1.165) is 13.1 Å². The summed E-state index contributed by atoms with van der Waals surface area (Å²) in [4.78, 5) is 10.6. The summed E-state index contributed by atoms with van der Waals surface area (Å²) < 4.78 is 21.2. The molecule has 0 atom stereocenters. The summed E-state index contributed by atoms with van der Waals surface area (Å²) in [7, 11) is 0. The molecule has 1 N–H and O–H groups in total. The van der Waals surface area contributed by atoms with Crippen molar-refractivity contribution in [1.82, 2.24) is 5.32 Å². The second-order valence-corrected chi connectivity index (χ2v) is 4.26. The number of hydrogen-bond donors (Lipinski definition) is 1. The molecule has 20 heavy (non-hydrogen) atoms. The smallest absolute Gasteiger partial charge is 0.132 e. The van der Waals surface area contributed by atoms with Crippen LogP contribution < -0.4 is 5.32 Å². The normalized spacial score (nSPS) is 10.9. The molecule has 0 aliphatic heterocycles. The first kappa shape index (κ1) is 19.5. The molecule has 0 aromatic rings. The topological polar surface area (TPSA) is 66.0 Å². The van der Waals surface area contributed by atoms with Crippen LogP contribution in [0.1, 0.15) is 20.3 Å². The summed E-state index contributed by atoms with van der Waals surface area (Å²) in [6, 6.07) is 0. The van der Waals surface area contributed by atoms with Crippen LogP contribution in [-0.4, -0.2) is 71.7 Å². The Morgan fingerprint density at radius 3 is 1.70 bits per heavy atom. The molecule has 0 heterocycles. The summed E-state index contributed by atoms with van der Waals surface area (Å²) in [5.41, 5.74) is 0. The molecule has 0 fully saturated rings. The molecule has 0 aliphatic rings. The first-order valence-corrected chi connectivity index (χ1v) is 7.28. The number of carbonyl (C=O) groups is 1. The van der Waals surface area contributed by atoms with Crippen LogP contribution >= 0.6 is 0 Å². The highest BCUT2D eigenvalue weighted by Crippen LogP contribution is 1.86. The summed E-state index contributed by atoms with van der Waals surface area (Å²) >= 11 is 0. The number of likely N-dealkylation sites (N-methyl/N-ethyl adjacent to an activating group) is 1. The first-order chi connectivity index (χ1) is 9.77. The summed E-state index contributed by atoms with van der Waals surface area (Å²) in [5, 5.41) is 3.18. The molecule has 0 radical (unpaired) electrons. The molecule has 0 rings (SSSR count). The fourth-order valence-corrected chi connectivity index (χ4v) is 1.30. The zero-order valence-electron chi connectivity index (χ0n) is 12.8. The molecule has 0 unspecified atom stereocenters. The van der Waals surface area contributed by atoms with E-state index in [-0.39, 0.29) is 5.78 Å². The van der Waals surface area contributed by atoms with E-state index < -0.39 is 0 Å². The third-order valence-corrected chi connectivity index (χ3v) is 2.39. The minimum Gasteiger partial charge on any atom is -0.379 e. The Balaban J connectivity index is 2.94. The van der Waals surface area contributed by atoms with Crippen LogP contribution in [0.3, 0.4) is 0 Å². The average molecular weight is 291 g/mol. The molecule has 0 amide bonds. The zero-order chi connectivity index (χ0) is 14.9. The lowest BCUT2D eigenvalue weighted by Gasteiger charge is -2.07. The maximum absolute atomic E-state index is 10.6.